The van der Waals surface area contributed by atoms with Crippen LogP contribution in [-0.2, 0) is 0 Å². The van der Waals surface area contributed by atoms with Crippen LogP contribution < -0.4 is 4.43 Å². The first-order valence-electron chi connectivity index (χ1n) is 12.9. The maximum Gasteiger partial charge on any atom is 0.254 e. The summed E-state index contributed by atoms with van der Waals surface area (Å²) < 4.78 is 8.14. The number of H-pyrrole nitrogens is 1. The van der Waals surface area contributed by atoms with E-state index in [2.05, 4.69) is 72.7 Å². The smallest absolute Gasteiger partial charge is 0.254 e. The zero-order valence-corrected chi connectivity index (χ0v) is 25.6. The van der Waals surface area contributed by atoms with E-state index >= 15 is 0 Å². The summed E-state index contributed by atoms with van der Waals surface area (Å²) in [6, 6.07) is 11.7. The van der Waals surface area contributed by atoms with E-state index in [-0.39, 0.29) is 21.9 Å². The van der Waals surface area contributed by atoms with Crippen LogP contribution in [0.5, 0.6) is 5.88 Å². The number of aromatic amines is 1. The van der Waals surface area contributed by atoms with Crippen LogP contribution in [0.15, 0.2) is 36.4 Å². The van der Waals surface area contributed by atoms with Crippen molar-refractivity contribution >= 4 is 61.1 Å². The Morgan fingerprint density at radius 1 is 0.811 bits per heavy atom. The molecular formula is C29H37N3O3Si2. The normalized spacial score (nSPS) is 15.4. The third-order valence-electron chi connectivity index (χ3n) is 8.98. The first-order chi connectivity index (χ1) is 17.0. The largest absolute Gasteiger partial charge is 0.531 e. The Labute approximate surface area is 220 Å². The molecular weight excluding hydrogens is 495 g/mol. The van der Waals surface area contributed by atoms with Gasteiger partial charge >= 0.3 is 0 Å². The lowest BCUT2D eigenvalue weighted by Gasteiger charge is -2.42. The Bertz CT molecular complexity index is 1620. The lowest BCUT2D eigenvalue weighted by atomic mass is 9.97. The summed E-state index contributed by atoms with van der Waals surface area (Å²) in [5.74, 6) is 0.158. The topological polar surface area (TPSA) is 75.3 Å². The molecule has 3 heterocycles. The molecule has 0 fully saturated rings. The first kappa shape index (κ1) is 25.7. The number of amides is 2. The van der Waals surface area contributed by atoms with Gasteiger partial charge in [-0.05, 0) is 41.4 Å². The first-order valence-corrected chi connectivity index (χ1v) is 18.8. The van der Waals surface area contributed by atoms with E-state index < -0.39 is 16.6 Å². The molecule has 37 heavy (non-hydrogen) atoms. The zero-order valence-electron chi connectivity index (χ0n) is 23.6. The summed E-state index contributed by atoms with van der Waals surface area (Å²) in [6.07, 6.45) is 0. The van der Waals surface area contributed by atoms with Gasteiger partial charge in [-0.2, -0.15) is 0 Å². The van der Waals surface area contributed by atoms with Crippen molar-refractivity contribution in [1.82, 2.24) is 14.5 Å². The van der Waals surface area contributed by atoms with Gasteiger partial charge in [-0.3, -0.25) is 9.59 Å². The van der Waals surface area contributed by atoms with Gasteiger partial charge in [-0.25, -0.2) is 4.98 Å². The highest BCUT2D eigenvalue weighted by Crippen LogP contribution is 2.47. The number of fused-ring (bicyclic) bond motifs is 8. The van der Waals surface area contributed by atoms with Gasteiger partial charge in [0.1, 0.15) is 0 Å². The standard InChI is InChI=1S/C29H37N3O3Si2/c1-28(2,3)36(7,8)32-26(33)22-18-15-16-20(35-37(9,10)29(4,5)6)31-24(18)25-21(23(22)27(32)34)17-13-11-12-14-19(17)30-25/h11-16,30H,1-10H3. The lowest BCUT2D eigenvalue weighted by molar-refractivity contribution is 0.0747. The average Bonchev–Trinajstić information content (AvgIpc) is 3.27. The summed E-state index contributed by atoms with van der Waals surface area (Å²) in [4.78, 5) is 36.8. The molecule has 1 N–H and O–H groups in total. The molecule has 194 valence electrons. The predicted molar refractivity (Wildman–Crippen MR) is 157 cm³/mol. The molecule has 2 aromatic carbocycles. The summed E-state index contributed by atoms with van der Waals surface area (Å²) in [5.41, 5.74) is 3.31. The SMILES string of the molecule is CC(C)(C)[Si](C)(C)Oc1ccc2c3c(c4c5ccccc5[nH]c4c2n1)C(=O)N([Si](C)(C)C(C)(C)C)C3=O. The molecule has 0 spiro atoms. The van der Waals surface area contributed by atoms with E-state index in [9.17, 15) is 9.59 Å². The number of para-hydroxylation sites is 1. The highest BCUT2D eigenvalue weighted by molar-refractivity contribution is 6.83. The van der Waals surface area contributed by atoms with E-state index in [1.54, 1.807) is 4.57 Å². The van der Waals surface area contributed by atoms with Crippen LogP contribution in [-0.4, -0.2) is 42.9 Å². The van der Waals surface area contributed by atoms with Gasteiger partial charge < -0.3 is 14.0 Å². The number of imide groups is 1. The van der Waals surface area contributed by atoms with Crippen molar-refractivity contribution in [3.8, 4) is 5.88 Å². The fourth-order valence-electron chi connectivity index (χ4n) is 4.74. The minimum absolute atomic E-state index is 0.0179. The fraction of sp³-hybridized carbons (Fsp3) is 0.414. The number of nitrogens with one attached hydrogen (secondary N) is 1. The number of carbonyl (C=O) groups excluding carboxylic acids is 2. The molecule has 1 aliphatic heterocycles. The molecule has 5 rings (SSSR count). The molecule has 0 saturated heterocycles. The van der Waals surface area contributed by atoms with E-state index in [0.717, 1.165) is 21.8 Å². The van der Waals surface area contributed by atoms with E-state index in [4.69, 9.17) is 9.41 Å². The Hall–Kier alpha value is -2.98. The van der Waals surface area contributed by atoms with Crippen LogP contribution in [0, 0.1) is 0 Å². The molecule has 6 nitrogen and oxygen atoms in total. The Balaban J connectivity index is 1.85. The third-order valence-corrected chi connectivity index (χ3v) is 18.5. The Kier molecular flexibility index (Phi) is 5.39. The third kappa shape index (κ3) is 3.60. The minimum Gasteiger partial charge on any atom is -0.531 e. The zero-order chi connectivity index (χ0) is 27.3. The second-order valence-electron chi connectivity index (χ2n) is 13.3. The summed E-state index contributed by atoms with van der Waals surface area (Å²) in [7, 11) is -4.63. The molecule has 0 saturated carbocycles. The lowest BCUT2D eigenvalue weighted by Crippen LogP contribution is -2.57. The molecule has 1 aliphatic rings. The molecule has 4 aromatic rings. The van der Waals surface area contributed by atoms with Crippen molar-refractivity contribution in [2.24, 2.45) is 0 Å². The van der Waals surface area contributed by atoms with Crippen molar-refractivity contribution < 1.29 is 14.0 Å². The summed E-state index contributed by atoms with van der Waals surface area (Å²) >= 11 is 0. The molecule has 2 amide bonds. The highest BCUT2D eigenvalue weighted by Gasteiger charge is 2.52. The van der Waals surface area contributed by atoms with E-state index in [0.29, 0.717) is 27.9 Å². The Morgan fingerprint density at radius 3 is 2.05 bits per heavy atom. The van der Waals surface area contributed by atoms with Crippen LogP contribution in [0.3, 0.4) is 0 Å². The van der Waals surface area contributed by atoms with E-state index in [1.165, 1.54) is 0 Å². The molecule has 2 aromatic heterocycles. The number of carbonyl (C=O) groups is 2. The second kappa shape index (κ2) is 7.77. The number of nitrogens with zero attached hydrogens (tertiary/aromatic N) is 2. The summed E-state index contributed by atoms with van der Waals surface area (Å²) in [5, 5.41) is 2.22. The number of pyridine rings is 1. The average molecular weight is 532 g/mol. The van der Waals surface area contributed by atoms with Gasteiger partial charge in [0.05, 0.1) is 22.2 Å². The number of benzene rings is 2. The number of aromatic nitrogens is 2. The molecule has 0 atom stereocenters. The molecule has 0 radical (unpaired) electrons. The predicted octanol–water partition coefficient (Wildman–Crippen LogP) is 7.85. The van der Waals surface area contributed by atoms with Crippen molar-refractivity contribution in [2.45, 2.75) is 77.8 Å². The maximum atomic E-state index is 14.2. The highest BCUT2D eigenvalue weighted by atomic mass is 28.4. The molecule has 8 heteroatoms. The number of hydrogen-bond acceptors (Lipinski definition) is 4. The van der Waals surface area contributed by atoms with E-state index in [1.807, 2.05) is 36.4 Å². The van der Waals surface area contributed by atoms with Gasteiger partial charge in [0.2, 0.25) is 0 Å². The monoisotopic (exact) mass is 531 g/mol. The van der Waals surface area contributed by atoms with Crippen molar-refractivity contribution in [1.29, 1.82) is 0 Å². The quantitative estimate of drug-likeness (QED) is 0.216. The van der Waals surface area contributed by atoms with Gasteiger partial charge in [-0.1, -0.05) is 72.8 Å². The van der Waals surface area contributed by atoms with Crippen molar-refractivity contribution in [2.75, 3.05) is 0 Å². The van der Waals surface area contributed by atoms with Crippen LogP contribution in [0.2, 0.25) is 36.3 Å². The second-order valence-corrected chi connectivity index (χ2v) is 23.1. The summed E-state index contributed by atoms with van der Waals surface area (Å²) in [6.45, 7) is 21.5. The molecule has 0 bridgehead atoms. The van der Waals surface area contributed by atoms with Gasteiger partial charge in [0.15, 0.2) is 14.1 Å². The van der Waals surface area contributed by atoms with Crippen LogP contribution in [0.25, 0.3) is 32.7 Å². The van der Waals surface area contributed by atoms with Crippen LogP contribution in [0.4, 0.5) is 0 Å². The Morgan fingerprint density at radius 2 is 1.43 bits per heavy atom. The van der Waals surface area contributed by atoms with Gasteiger partial charge in [0.25, 0.3) is 20.1 Å². The van der Waals surface area contributed by atoms with Crippen LogP contribution in [0.1, 0.15) is 62.3 Å². The minimum atomic E-state index is -2.50. The van der Waals surface area contributed by atoms with Crippen molar-refractivity contribution in [3.63, 3.8) is 0 Å². The number of rotatable bonds is 3. The maximum absolute atomic E-state index is 14.2. The molecule has 0 unspecified atom stereocenters. The molecule has 0 aliphatic carbocycles. The fourth-order valence-corrected chi connectivity index (χ4v) is 7.59. The van der Waals surface area contributed by atoms with Gasteiger partial charge in [-0.15, -0.1) is 0 Å². The van der Waals surface area contributed by atoms with Gasteiger partial charge in [0, 0.05) is 21.7 Å². The van der Waals surface area contributed by atoms with Crippen LogP contribution >= 0.6 is 0 Å². The van der Waals surface area contributed by atoms with Crippen molar-refractivity contribution in [3.05, 3.63) is 47.5 Å². The number of hydrogen-bond donors (Lipinski definition) is 1.